The second-order valence-corrected chi connectivity index (χ2v) is 8.82. The number of hydrogen-bond acceptors (Lipinski definition) is 3. The van der Waals surface area contributed by atoms with Gasteiger partial charge in [-0.3, -0.25) is 19.3 Å². The highest BCUT2D eigenvalue weighted by Crippen LogP contribution is 2.55. The summed E-state index contributed by atoms with van der Waals surface area (Å²) in [4.78, 5) is 37.7. The molecule has 5 heteroatoms. The zero-order chi connectivity index (χ0) is 17.9. The van der Waals surface area contributed by atoms with Crippen molar-refractivity contribution in [2.45, 2.75) is 56.9 Å². The van der Waals surface area contributed by atoms with Crippen molar-refractivity contribution in [1.29, 1.82) is 0 Å². The number of carbonyl (C=O) groups excluding carboxylic acids is 3. The molecule has 1 saturated heterocycles. The Balaban J connectivity index is 1.32. The van der Waals surface area contributed by atoms with Gasteiger partial charge in [-0.2, -0.15) is 0 Å². The molecule has 5 fully saturated rings. The first-order valence-corrected chi connectivity index (χ1v) is 9.80. The molecule has 1 N–H and O–H groups in total. The zero-order valence-electron chi connectivity index (χ0n) is 14.9. The van der Waals surface area contributed by atoms with Crippen molar-refractivity contribution >= 4 is 23.4 Å². The van der Waals surface area contributed by atoms with Crippen molar-refractivity contribution in [3.8, 4) is 0 Å². The Labute approximate surface area is 153 Å². The first-order chi connectivity index (χ1) is 12.5. The molecule has 5 aliphatic rings. The summed E-state index contributed by atoms with van der Waals surface area (Å²) in [5, 5.41) is 3.36. The Hall–Kier alpha value is -2.17. The van der Waals surface area contributed by atoms with Crippen LogP contribution in [0, 0.1) is 17.8 Å². The van der Waals surface area contributed by atoms with Crippen LogP contribution < -0.4 is 10.2 Å². The molecule has 4 bridgehead atoms. The molecule has 0 unspecified atom stereocenters. The van der Waals surface area contributed by atoms with Crippen LogP contribution in [0.5, 0.6) is 0 Å². The molecular weight excluding hydrogens is 328 g/mol. The van der Waals surface area contributed by atoms with Crippen LogP contribution in [0.15, 0.2) is 24.3 Å². The lowest BCUT2D eigenvalue weighted by atomic mass is 9.53. The Kier molecular flexibility index (Phi) is 3.49. The Bertz CT molecular complexity index is 732. The summed E-state index contributed by atoms with van der Waals surface area (Å²) in [6.45, 7) is 0. The molecule has 0 atom stereocenters. The number of carbonyl (C=O) groups is 3. The predicted molar refractivity (Wildman–Crippen MR) is 96.5 cm³/mol. The molecule has 1 heterocycles. The van der Waals surface area contributed by atoms with E-state index in [1.165, 1.54) is 24.2 Å². The van der Waals surface area contributed by atoms with Gasteiger partial charge in [-0.15, -0.1) is 0 Å². The van der Waals surface area contributed by atoms with E-state index in [9.17, 15) is 14.4 Å². The van der Waals surface area contributed by atoms with Gasteiger partial charge < -0.3 is 5.32 Å². The van der Waals surface area contributed by atoms with Gasteiger partial charge in [0.2, 0.25) is 11.8 Å². The fraction of sp³-hybridized carbons (Fsp3) is 0.571. The maximum absolute atomic E-state index is 12.8. The summed E-state index contributed by atoms with van der Waals surface area (Å²) >= 11 is 0. The molecule has 1 aromatic rings. The maximum Gasteiger partial charge on any atom is 0.251 e. The lowest BCUT2D eigenvalue weighted by Gasteiger charge is -2.56. The third-order valence-corrected chi connectivity index (χ3v) is 6.86. The van der Waals surface area contributed by atoms with Gasteiger partial charge >= 0.3 is 0 Å². The van der Waals surface area contributed by atoms with Crippen LogP contribution in [0.4, 0.5) is 5.69 Å². The highest BCUT2D eigenvalue weighted by atomic mass is 16.2. The average Bonchev–Trinajstić information content (AvgIpc) is 2.92. The second-order valence-electron chi connectivity index (χ2n) is 8.82. The Morgan fingerprint density at radius 1 is 0.885 bits per heavy atom. The molecule has 136 valence electrons. The Morgan fingerprint density at radius 2 is 1.38 bits per heavy atom. The minimum absolute atomic E-state index is 0.00854. The standard InChI is InChI=1S/C21H24N2O3/c24-18-5-6-19(25)23(18)17-3-1-16(2-4-17)20(26)22-21-10-13-7-14(11-21)9-15(8-13)12-21/h1-4,13-15H,5-12H2,(H,22,26). The summed E-state index contributed by atoms with van der Waals surface area (Å²) < 4.78 is 0. The minimum atomic E-state index is -0.166. The lowest BCUT2D eigenvalue weighted by molar-refractivity contribution is -0.121. The van der Waals surface area contributed by atoms with Crippen molar-refractivity contribution in [3.05, 3.63) is 29.8 Å². The second kappa shape index (κ2) is 5.66. The molecule has 5 nitrogen and oxygen atoms in total. The third kappa shape index (κ3) is 2.56. The summed E-state index contributed by atoms with van der Waals surface area (Å²) in [5.41, 5.74) is 1.15. The Morgan fingerprint density at radius 3 is 1.88 bits per heavy atom. The highest BCUT2D eigenvalue weighted by molar-refractivity contribution is 6.19. The molecule has 4 saturated carbocycles. The lowest BCUT2D eigenvalue weighted by Crippen LogP contribution is -2.59. The van der Waals surface area contributed by atoms with Gasteiger partial charge in [0.15, 0.2) is 0 Å². The predicted octanol–water partition coefficient (Wildman–Crippen LogP) is 3.04. The molecule has 1 aliphatic heterocycles. The van der Waals surface area contributed by atoms with E-state index in [4.69, 9.17) is 0 Å². The topological polar surface area (TPSA) is 66.5 Å². The van der Waals surface area contributed by atoms with Crippen LogP contribution in [-0.2, 0) is 9.59 Å². The SMILES string of the molecule is O=C(NC12CC3CC(CC(C3)C1)C2)c1ccc(N2C(=O)CCC2=O)cc1. The monoisotopic (exact) mass is 352 g/mol. The summed E-state index contributed by atoms with van der Waals surface area (Å²) in [6, 6.07) is 6.86. The molecule has 26 heavy (non-hydrogen) atoms. The van der Waals surface area contributed by atoms with Crippen molar-refractivity contribution in [1.82, 2.24) is 5.32 Å². The molecule has 1 aromatic carbocycles. The first kappa shape index (κ1) is 16.0. The number of rotatable bonds is 3. The highest BCUT2D eigenvalue weighted by Gasteiger charge is 2.51. The van der Waals surface area contributed by atoms with Crippen LogP contribution in [0.1, 0.15) is 61.7 Å². The van der Waals surface area contributed by atoms with Crippen molar-refractivity contribution in [2.24, 2.45) is 17.8 Å². The van der Waals surface area contributed by atoms with E-state index in [2.05, 4.69) is 5.32 Å². The van der Waals surface area contributed by atoms with E-state index in [0.29, 0.717) is 11.3 Å². The van der Waals surface area contributed by atoms with Crippen LogP contribution in [0.2, 0.25) is 0 Å². The van der Waals surface area contributed by atoms with Crippen molar-refractivity contribution in [2.75, 3.05) is 4.90 Å². The van der Waals surface area contributed by atoms with Crippen LogP contribution in [0.25, 0.3) is 0 Å². The van der Waals surface area contributed by atoms with E-state index >= 15 is 0 Å². The van der Waals surface area contributed by atoms with E-state index < -0.39 is 0 Å². The van der Waals surface area contributed by atoms with E-state index in [-0.39, 0.29) is 36.1 Å². The van der Waals surface area contributed by atoms with E-state index in [0.717, 1.165) is 37.0 Å². The number of nitrogens with zero attached hydrogens (tertiary/aromatic N) is 1. The van der Waals surface area contributed by atoms with Crippen LogP contribution >= 0.6 is 0 Å². The summed E-state index contributed by atoms with van der Waals surface area (Å²) in [6.07, 6.45) is 7.96. The van der Waals surface area contributed by atoms with Crippen LogP contribution in [-0.4, -0.2) is 23.3 Å². The van der Waals surface area contributed by atoms with Crippen molar-refractivity contribution < 1.29 is 14.4 Å². The molecule has 4 aliphatic carbocycles. The van der Waals surface area contributed by atoms with Gasteiger partial charge in [-0.25, -0.2) is 0 Å². The zero-order valence-corrected chi connectivity index (χ0v) is 14.9. The average molecular weight is 352 g/mol. The number of nitrogens with one attached hydrogen (secondary N) is 1. The van der Waals surface area contributed by atoms with Gasteiger partial charge in [0, 0.05) is 23.9 Å². The normalized spacial score (nSPS) is 35.2. The molecule has 3 amide bonds. The van der Waals surface area contributed by atoms with Gasteiger partial charge in [0.1, 0.15) is 0 Å². The molecule has 0 radical (unpaired) electrons. The van der Waals surface area contributed by atoms with Gasteiger partial charge in [-0.05, 0) is 80.5 Å². The fourth-order valence-electron chi connectivity index (χ4n) is 6.20. The number of benzene rings is 1. The number of amides is 3. The quantitative estimate of drug-likeness (QED) is 0.850. The van der Waals surface area contributed by atoms with Gasteiger partial charge in [0.25, 0.3) is 5.91 Å². The first-order valence-electron chi connectivity index (χ1n) is 9.80. The molecule has 6 rings (SSSR count). The number of hydrogen-bond donors (Lipinski definition) is 1. The smallest absolute Gasteiger partial charge is 0.251 e. The fourth-order valence-corrected chi connectivity index (χ4v) is 6.20. The largest absolute Gasteiger partial charge is 0.347 e. The van der Waals surface area contributed by atoms with Gasteiger partial charge in [0.05, 0.1) is 5.69 Å². The molecular formula is C21H24N2O3. The molecule has 0 aromatic heterocycles. The number of anilines is 1. The number of imide groups is 1. The van der Waals surface area contributed by atoms with Crippen molar-refractivity contribution in [3.63, 3.8) is 0 Å². The maximum atomic E-state index is 12.8. The summed E-state index contributed by atoms with van der Waals surface area (Å²) in [5.74, 6) is 2.00. The summed E-state index contributed by atoms with van der Waals surface area (Å²) in [7, 11) is 0. The molecule has 0 spiro atoms. The third-order valence-electron chi connectivity index (χ3n) is 6.86. The van der Waals surface area contributed by atoms with E-state index in [1.807, 2.05) is 0 Å². The van der Waals surface area contributed by atoms with E-state index in [1.54, 1.807) is 24.3 Å². The minimum Gasteiger partial charge on any atom is -0.347 e. The van der Waals surface area contributed by atoms with Gasteiger partial charge in [-0.1, -0.05) is 0 Å². The van der Waals surface area contributed by atoms with Crippen LogP contribution in [0.3, 0.4) is 0 Å².